The van der Waals surface area contributed by atoms with Crippen LogP contribution >= 0.6 is 0 Å². The number of hydrogen-bond donors (Lipinski definition) is 3. The summed E-state index contributed by atoms with van der Waals surface area (Å²) in [5.41, 5.74) is 3.43. The van der Waals surface area contributed by atoms with Gasteiger partial charge in [0.25, 0.3) is 0 Å². The molecule has 3 N–H and O–H groups in total. The van der Waals surface area contributed by atoms with Gasteiger partial charge in [0, 0.05) is 49.9 Å². The summed E-state index contributed by atoms with van der Waals surface area (Å²) in [6.45, 7) is 6.33. The molecule has 0 amide bonds. The van der Waals surface area contributed by atoms with Gasteiger partial charge >= 0.3 is 12.1 Å². The highest BCUT2D eigenvalue weighted by atomic mass is 19.4. The number of alkyl halides is 3. The molecular weight excluding hydrogens is 375 g/mol. The number of aliphatic carboxylic acids is 1. The van der Waals surface area contributed by atoms with Gasteiger partial charge in [-0.25, -0.2) is 14.8 Å². The molecule has 1 fully saturated rings. The Morgan fingerprint density at radius 1 is 1.18 bits per heavy atom. The zero-order chi connectivity index (χ0) is 20.6. The van der Waals surface area contributed by atoms with Gasteiger partial charge in [0.05, 0.1) is 0 Å². The molecule has 0 unspecified atom stereocenters. The van der Waals surface area contributed by atoms with Crippen LogP contribution in [0.3, 0.4) is 0 Å². The van der Waals surface area contributed by atoms with Gasteiger partial charge < -0.3 is 20.6 Å². The Morgan fingerprint density at radius 3 is 2.18 bits per heavy atom. The molecule has 152 valence electrons. The first-order valence-electron chi connectivity index (χ1n) is 8.73. The summed E-state index contributed by atoms with van der Waals surface area (Å²) < 4.78 is 31.7. The molecule has 0 atom stereocenters. The van der Waals surface area contributed by atoms with Gasteiger partial charge in [-0.15, -0.1) is 0 Å². The first kappa shape index (κ1) is 21.4. The first-order valence-corrected chi connectivity index (χ1v) is 8.73. The fraction of sp³-hybridized carbons (Fsp3) is 0.389. The third-order valence-electron chi connectivity index (χ3n) is 3.96. The molecule has 0 bridgehead atoms. The minimum atomic E-state index is -5.08. The van der Waals surface area contributed by atoms with Gasteiger partial charge in [-0.3, -0.25) is 0 Å². The maximum absolute atomic E-state index is 10.6. The Hall–Kier alpha value is -2.88. The third kappa shape index (κ3) is 6.69. The van der Waals surface area contributed by atoms with Crippen molar-refractivity contribution in [3.8, 4) is 0 Å². The third-order valence-corrected chi connectivity index (χ3v) is 3.96. The minimum Gasteiger partial charge on any atom is -0.475 e. The maximum atomic E-state index is 10.6. The average Bonchev–Trinajstić information content (AvgIpc) is 2.69. The number of anilines is 3. The van der Waals surface area contributed by atoms with E-state index in [0.717, 1.165) is 43.9 Å². The molecule has 2 heterocycles. The summed E-state index contributed by atoms with van der Waals surface area (Å²) in [5, 5.41) is 13.7. The second-order valence-corrected chi connectivity index (χ2v) is 5.98. The van der Waals surface area contributed by atoms with Crippen LogP contribution in [0.15, 0.2) is 36.7 Å². The Kier molecular flexibility index (Phi) is 7.56. The van der Waals surface area contributed by atoms with Gasteiger partial charge in [0.1, 0.15) is 0 Å². The number of nitrogens with zero attached hydrogens (tertiary/aromatic N) is 3. The summed E-state index contributed by atoms with van der Waals surface area (Å²) in [5.74, 6) is -2.12. The van der Waals surface area contributed by atoms with Gasteiger partial charge in [0.15, 0.2) is 0 Å². The predicted molar refractivity (Wildman–Crippen MR) is 99.9 cm³/mol. The summed E-state index contributed by atoms with van der Waals surface area (Å²) in [6, 6.07) is 8.45. The lowest BCUT2D eigenvalue weighted by Crippen LogP contribution is -2.43. The zero-order valence-corrected chi connectivity index (χ0v) is 15.3. The van der Waals surface area contributed by atoms with Crippen LogP contribution in [0.5, 0.6) is 0 Å². The summed E-state index contributed by atoms with van der Waals surface area (Å²) in [4.78, 5) is 19.9. The average molecular weight is 397 g/mol. The second kappa shape index (κ2) is 9.88. The van der Waals surface area contributed by atoms with Gasteiger partial charge in [0.2, 0.25) is 5.95 Å². The molecule has 2 aromatic rings. The van der Waals surface area contributed by atoms with Crippen LogP contribution in [0.25, 0.3) is 0 Å². The molecule has 28 heavy (non-hydrogen) atoms. The number of rotatable bonds is 4. The number of aromatic nitrogens is 2. The fourth-order valence-corrected chi connectivity index (χ4v) is 2.41. The fourth-order valence-electron chi connectivity index (χ4n) is 2.41. The zero-order valence-electron chi connectivity index (χ0n) is 15.3. The molecule has 1 aromatic carbocycles. The predicted octanol–water partition coefficient (Wildman–Crippen LogP) is 2.83. The van der Waals surface area contributed by atoms with Crippen molar-refractivity contribution in [1.29, 1.82) is 0 Å². The van der Waals surface area contributed by atoms with Gasteiger partial charge in [-0.1, -0.05) is 6.92 Å². The van der Waals surface area contributed by atoms with Crippen molar-refractivity contribution in [3.63, 3.8) is 0 Å². The van der Waals surface area contributed by atoms with E-state index in [0.29, 0.717) is 5.95 Å². The summed E-state index contributed by atoms with van der Waals surface area (Å²) in [6.07, 6.45) is -0.394. The number of hydrogen-bond acceptors (Lipinski definition) is 6. The second-order valence-electron chi connectivity index (χ2n) is 5.98. The topological polar surface area (TPSA) is 90.4 Å². The number of benzene rings is 1. The first-order chi connectivity index (χ1) is 13.3. The monoisotopic (exact) mass is 397 g/mol. The molecule has 1 aliphatic heterocycles. The lowest BCUT2D eigenvalue weighted by molar-refractivity contribution is -0.192. The van der Waals surface area contributed by atoms with Crippen molar-refractivity contribution >= 4 is 23.3 Å². The summed E-state index contributed by atoms with van der Waals surface area (Å²) in [7, 11) is 0. The van der Waals surface area contributed by atoms with Crippen molar-refractivity contribution in [3.05, 3.63) is 42.2 Å². The van der Waals surface area contributed by atoms with Crippen LogP contribution in [0.1, 0.15) is 12.5 Å². The minimum absolute atomic E-state index is 0.641. The standard InChI is InChI=1S/C16H21N5.C2HF3O2/c1-2-13-11-18-16(19-12-13)20-14-3-5-15(6-4-14)21-9-7-17-8-10-21;3-2(4,5)1(6)7/h3-6,11-12,17H,2,7-10H2,1H3,(H,18,19,20);(H,6,7). The highest BCUT2D eigenvalue weighted by Crippen LogP contribution is 2.20. The van der Waals surface area contributed by atoms with Crippen molar-refractivity contribution in [2.24, 2.45) is 0 Å². The van der Waals surface area contributed by atoms with Crippen molar-refractivity contribution in [2.75, 3.05) is 36.4 Å². The Balaban J connectivity index is 0.000000345. The van der Waals surface area contributed by atoms with Crippen LogP contribution in [0.2, 0.25) is 0 Å². The van der Waals surface area contributed by atoms with E-state index in [1.807, 2.05) is 12.4 Å². The smallest absolute Gasteiger partial charge is 0.475 e. The molecule has 1 aromatic heterocycles. The van der Waals surface area contributed by atoms with E-state index in [4.69, 9.17) is 9.90 Å². The number of aryl methyl sites for hydroxylation is 1. The molecule has 0 aliphatic carbocycles. The number of piperazine rings is 1. The Labute approximate surface area is 160 Å². The number of nitrogens with one attached hydrogen (secondary N) is 2. The number of carbonyl (C=O) groups is 1. The van der Waals surface area contributed by atoms with Crippen LogP contribution in [-0.2, 0) is 11.2 Å². The van der Waals surface area contributed by atoms with E-state index in [1.54, 1.807) is 0 Å². The van der Waals surface area contributed by atoms with Crippen LogP contribution in [-0.4, -0.2) is 53.4 Å². The molecule has 3 rings (SSSR count). The molecule has 1 saturated heterocycles. The Bertz CT molecular complexity index is 745. The maximum Gasteiger partial charge on any atom is 0.490 e. The van der Waals surface area contributed by atoms with E-state index >= 15 is 0 Å². The SMILES string of the molecule is CCc1cnc(Nc2ccc(N3CCNCC3)cc2)nc1.O=C(O)C(F)(F)F. The van der Waals surface area contributed by atoms with Crippen LogP contribution in [0.4, 0.5) is 30.5 Å². The largest absolute Gasteiger partial charge is 0.490 e. The molecule has 0 radical (unpaired) electrons. The molecule has 0 saturated carbocycles. The highest BCUT2D eigenvalue weighted by Gasteiger charge is 2.38. The molecular formula is C18H22F3N5O2. The number of carboxylic acids is 1. The lowest BCUT2D eigenvalue weighted by atomic mass is 10.2. The lowest BCUT2D eigenvalue weighted by Gasteiger charge is -2.29. The number of carboxylic acid groups (broad SMARTS) is 1. The van der Waals surface area contributed by atoms with Crippen molar-refractivity contribution in [1.82, 2.24) is 15.3 Å². The van der Waals surface area contributed by atoms with Gasteiger partial charge in [-0.05, 0) is 36.2 Å². The van der Waals surface area contributed by atoms with E-state index < -0.39 is 12.1 Å². The molecule has 7 nitrogen and oxygen atoms in total. The number of halogens is 3. The molecule has 0 spiro atoms. The summed E-state index contributed by atoms with van der Waals surface area (Å²) >= 11 is 0. The quantitative estimate of drug-likeness (QED) is 0.731. The van der Waals surface area contributed by atoms with E-state index in [9.17, 15) is 13.2 Å². The van der Waals surface area contributed by atoms with Crippen molar-refractivity contribution in [2.45, 2.75) is 19.5 Å². The Morgan fingerprint density at radius 2 is 1.71 bits per heavy atom. The van der Waals surface area contributed by atoms with Crippen molar-refractivity contribution < 1.29 is 23.1 Å². The van der Waals surface area contributed by atoms with Gasteiger partial charge in [-0.2, -0.15) is 13.2 Å². The molecule has 10 heteroatoms. The van der Waals surface area contributed by atoms with E-state index in [1.165, 1.54) is 5.69 Å². The van der Waals surface area contributed by atoms with Crippen LogP contribution in [0, 0.1) is 0 Å². The highest BCUT2D eigenvalue weighted by molar-refractivity contribution is 5.73. The normalized spacial score (nSPS) is 14.1. The van der Waals surface area contributed by atoms with E-state index in [2.05, 4.69) is 56.7 Å². The van der Waals surface area contributed by atoms with Crippen LogP contribution < -0.4 is 15.5 Å². The van der Waals surface area contributed by atoms with E-state index in [-0.39, 0.29) is 0 Å². The molecule has 1 aliphatic rings.